The highest BCUT2D eigenvalue weighted by Crippen LogP contribution is 2.48. The van der Waals surface area contributed by atoms with Gasteiger partial charge in [-0.1, -0.05) is 27.7 Å². The fourth-order valence-corrected chi connectivity index (χ4v) is 3.23. The quantitative estimate of drug-likeness (QED) is 0.921. The van der Waals surface area contributed by atoms with Crippen LogP contribution in [0.5, 0.6) is 0 Å². The standard InChI is InChI=1S/C14H21FN2O3/c1-5-14(8(2)3)9(4)11(15)12(20-14)17-7-6-10(18)16-13(17)19/h6-9,11-12H,5H2,1-4H3,(H,16,18,19)/t9-,11-,12+,14-/m0/s1. The maximum Gasteiger partial charge on any atom is 0.330 e. The lowest BCUT2D eigenvalue weighted by atomic mass is 9.77. The Balaban J connectivity index is 2.45. The summed E-state index contributed by atoms with van der Waals surface area (Å²) >= 11 is 0. The minimum absolute atomic E-state index is 0.129. The van der Waals surface area contributed by atoms with Crippen molar-refractivity contribution in [2.75, 3.05) is 0 Å². The molecule has 0 unspecified atom stereocenters. The molecule has 0 aliphatic carbocycles. The number of nitrogens with one attached hydrogen (secondary N) is 1. The molecule has 0 saturated carbocycles. The third-order valence-electron chi connectivity index (χ3n) is 4.52. The maximum atomic E-state index is 14.6. The van der Waals surface area contributed by atoms with Gasteiger partial charge in [-0.3, -0.25) is 14.3 Å². The average Bonchev–Trinajstić information content (AvgIpc) is 2.64. The molecule has 4 atom stereocenters. The number of ether oxygens (including phenoxy) is 1. The summed E-state index contributed by atoms with van der Waals surface area (Å²) in [4.78, 5) is 25.0. The molecule has 1 aromatic rings. The van der Waals surface area contributed by atoms with E-state index in [0.717, 1.165) is 4.57 Å². The summed E-state index contributed by atoms with van der Waals surface area (Å²) in [7, 11) is 0. The molecular formula is C14H21FN2O3. The molecule has 1 aromatic heterocycles. The molecule has 0 bridgehead atoms. The Morgan fingerprint density at radius 2 is 2.15 bits per heavy atom. The van der Waals surface area contributed by atoms with Crippen molar-refractivity contribution in [1.82, 2.24) is 9.55 Å². The minimum atomic E-state index is -1.29. The molecule has 0 radical (unpaired) electrons. The second-order valence-corrected chi connectivity index (χ2v) is 5.72. The first-order chi connectivity index (χ1) is 9.33. The number of hydrogen-bond donors (Lipinski definition) is 1. The van der Waals surface area contributed by atoms with Gasteiger partial charge in [0.15, 0.2) is 12.4 Å². The van der Waals surface area contributed by atoms with Gasteiger partial charge in [-0.2, -0.15) is 0 Å². The molecule has 2 rings (SSSR count). The van der Waals surface area contributed by atoms with E-state index < -0.39 is 29.2 Å². The van der Waals surface area contributed by atoms with Crippen LogP contribution in [-0.2, 0) is 4.74 Å². The lowest BCUT2D eigenvalue weighted by Gasteiger charge is -2.35. The van der Waals surface area contributed by atoms with Crippen molar-refractivity contribution in [3.8, 4) is 0 Å². The first-order valence-electron chi connectivity index (χ1n) is 6.97. The highest BCUT2D eigenvalue weighted by atomic mass is 19.1. The molecule has 20 heavy (non-hydrogen) atoms. The Morgan fingerprint density at radius 1 is 1.50 bits per heavy atom. The number of aromatic amines is 1. The Labute approximate surface area is 116 Å². The maximum absolute atomic E-state index is 14.6. The number of alkyl halides is 1. The topological polar surface area (TPSA) is 64.1 Å². The molecule has 1 aliphatic rings. The van der Waals surface area contributed by atoms with Gasteiger partial charge in [0.1, 0.15) is 0 Å². The Morgan fingerprint density at radius 3 is 2.60 bits per heavy atom. The SMILES string of the molecule is CC[C@@]1(C(C)C)O[C@@H](n2ccc(=O)[nH]c2=O)[C@@H](F)[C@@H]1C. The van der Waals surface area contributed by atoms with E-state index in [1.807, 2.05) is 27.7 Å². The molecule has 5 nitrogen and oxygen atoms in total. The summed E-state index contributed by atoms with van der Waals surface area (Å²) in [6.45, 7) is 7.75. The molecule has 1 N–H and O–H groups in total. The minimum Gasteiger partial charge on any atom is -0.348 e. The van der Waals surface area contributed by atoms with Crippen LogP contribution < -0.4 is 11.2 Å². The van der Waals surface area contributed by atoms with Gasteiger partial charge in [0, 0.05) is 18.2 Å². The van der Waals surface area contributed by atoms with Crippen molar-refractivity contribution >= 4 is 0 Å². The fraction of sp³-hybridized carbons (Fsp3) is 0.714. The van der Waals surface area contributed by atoms with E-state index in [1.54, 1.807) is 0 Å². The van der Waals surface area contributed by atoms with Gasteiger partial charge in [0.2, 0.25) is 0 Å². The van der Waals surface area contributed by atoms with Crippen LogP contribution in [0.1, 0.15) is 40.3 Å². The highest BCUT2D eigenvalue weighted by molar-refractivity contribution is 5.01. The van der Waals surface area contributed by atoms with Gasteiger partial charge in [-0.15, -0.1) is 0 Å². The van der Waals surface area contributed by atoms with Gasteiger partial charge >= 0.3 is 5.69 Å². The van der Waals surface area contributed by atoms with Gasteiger partial charge < -0.3 is 4.74 Å². The molecule has 2 heterocycles. The van der Waals surface area contributed by atoms with E-state index in [0.29, 0.717) is 6.42 Å². The molecular weight excluding hydrogens is 263 g/mol. The van der Waals surface area contributed by atoms with E-state index in [1.165, 1.54) is 12.3 Å². The normalized spacial score (nSPS) is 33.8. The first-order valence-corrected chi connectivity index (χ1v) is 6.97. The summed E-state index contributed by atoms with van der Waals surface area (Å²) in [5.74, 6) is -0.194. The number of hydrogen-bond acceptors (Lipinski definition) is 3. The molecule has 1 fully saturated rings. The molecule has 0 spiro atoms. The van der Waals surface area contributed by atoms with E-state index in [9.17, 15) is 14.0 Å². The van der Waals surface area contributed by atoms with Crippen molar-refractivity contribution < 1.29 is 9.13 Å². The van der Waals surface area contributed by atoms with Crippen molar-refractivity contribution in [1.29, 1.82) is 0 Å². The van der Waals surface area contributed by atoms with Crippen LogP contribution in [0.3, 0.4) is 0 Å². The third-order valence-corrected chi connectivity index (χ3v) is 4.52. The van der Waals surface area contributed by atoms with E-state index >= 15 is 0 Å². The van der Waals surface area contributed by atoms with Crippen LogP contribution in [0.15, 0.2) is 21.9 Å². The smallest absolute Gasteiger partial charge is 0.330 e. The molecule has 0 aromatic carbocycles. The predicted molar refractivity (Wildman–Crippen MR) is 73.4 cm³/mol. The van der Waals surface area contributed by atoms with Gasteiger partial charge in [0.05, 0.1) is 5.60 Å². The van der Waals surface area contributed by atoms with E-state index in [4.69, 9.17) is 4.74 Å². The van der Waals surface area contributed by atoms with Crippen LogP contribution in [-0.4, -0.2) is 21.3 Å². The summed E-state index contributed by atoms with van der Waals surface area (Å²) in [6.07, 6.45) is -0.324. The molecule has 0 amide bonds. The van der Waals surface area contributed by atoms with Crippen LogP contribution >= 0.6 is 0 Å². The zero-order chi connectivity index (χ0) is 15.1. The third kappa shape index (κ3) is 2.12. The molecule has 1 aliphatic heterocycles. The van der Waals surface area contributed by atoms with Gasteiger partial charge in [-0.05, 0) is 12.3 Å². The van der Waals surface area contributed by atoms with Crippen molar-refractivity contribution in [2.45, 2.75) is 52.1 Å². The summed E-state index contributed by atoms with van der Waals surface area (Å²) < 4.78 is 21.7. The molecule has 6 heteroatoms. The lowest BCUT2D eigenvalue weighted by Crippen LogP contribution is -2.40. The van der Waals surface area contributed by atoms with Gasteiger partial charge in [-0.25, -0.2) is 9.18 Å². The Kier molecular flexibility index (Phi) is 3.86. The number of H-pyrrole nitrogens is 1. The summed E-state index contributed by atoms with van der Waals surface area (Å²) in [6, 6.07) is 1.20. The first kappa shape index (κ1) is 15.0. The largest absolute Gasteiger partial charge is 0.348 e. The predicted octanol–water partition coefficient (Wildman–Crippen LogP) is 1.84. The zero-order valence-corrected chi connectivity index (χ0v) is 12.2. The average molecular weight is 284 g/mol. The van der Waals surface area contributed by atoms with Crippen molar-refractivity contribution in [2.24, 2.45) is 11.8 Å². The number of aromatic nitrogens is 2. The van der Waals surface area contributed by atoms with Gasteiger partial charge in [0.25, 0.3) is 5.56 Å². The number of halogens is 1. The molecule has 1 saturated heterocycles. The van der Waals surface area contributed by atoms with E-state index in [-0.39, 0.29) is 11.8 Å². The second-order valence-electron chi connectivity index (χ2n) is 5.72. The summed E-state index contributed by atoms with van der Waals surface area (Å²) in [5.41, 5.74) is -1.74. The van der Waals surface area contributed by atoms with Crippen molar-refractivity contribution in [3.05, 3.63) is 33.1 Å². The lowest BCUT2D eigenvalue weighted by molar-refractivity contribution is -0.117. The fourth-order valence-electron chi connectivity index (χ4n) is 3.23. The van der Waals surface area contributed by atoms with E-state index in [2.05, 4.69) is 4.98 Å². The van der Waals surface area contributed by atoms with Crippen LogP contribution in [0.2, 0.25) is 0 Å². The van der Waals surface area contributed by atoms with Crippen LogP contribution in [0.25, 0.3) is 0 Å². The van der Waals surface area contributed by atoms with Crippen LogP contribution in [0.4, 0.5) is 4.39 Å². The second kappa shape index (κ2) is 5.16. The Hall–Kier alpha value is -1.43. The highest BCUT2D eigenvalue weighted by Gasteiger charge is 2.54. The van der Waals surface area contributed by atoms with Crippen molar-refractivity contribution in [3.63, 3.8) is 0 Å². The van der Waals surface area contributed by atoms with Crippen LogP contribution in [0, 0.1) is 11.8 Å². The Bertz CT molecular complexity index is 595. The zero-order valence-electron chi connectivity index (χ0n) is 12.2. The molecule has 112 valence electrons. The summed E-state index contributed by atoms with van der Waals surface area (Å²) in [5, 5.41) is 0. The number of rotatable bonds is 3. The number of nitrogens with zero attached hydrogens (tertiary/aromatic N) is 1. The monoisotopic (exact) mass is 284 g/mol.